The molecule has 0 bridgehead atoms. The molecule has 2 aromatic rings. The summed E-state index contributed by atoms with van der Waals surface area (Å²) < 4.78 is 0. The average molecular weight is 407 g/mol. The van der Waals surface area contributed by atoms with Gasteiger partial charge in [-0.25, -0.2) is 9.69 Å². The Balaban J connectivity index is 1.52. The van der Waals surface area contributed by atoms with Crippen molar-refractivity contribution < 1.29 is 14.5 Å². The Kier molecular flexibility index (Phi) is 5.65. The standard InChI is InChI=1S/C25H31N3O2/c1-4-25(21-8-6-5-7-9-21)23(29)28(24(30)26-25)17-27(22-14-15-22)16-19-10-12-20(13-11-19)18(2)3/h5-13,18,22H,4,14-17H2,1-3H3,(H,26,30)/p+1/t25-/m0/s1. The van der Waals surface area contributed by atoms with Gasteiger partial charge < -0.3 is 10.2 Å². The van der Waals surface area contributed by atoms with Gasteiger partial charge >= 0.3 is 6.03 Å². The van der Waals surface area contributed by atoms with Crippen LogP contribution in [0.25, 0.3) is 0 Å². The van der Waals surface area contributed by atoms with Crippen LogP contribution in [-0.2, 0) is 16.9 Å². The Morgan fingerprint density at radius 1 is 1.07 bits per heavy atom. The molecule has 158 valence electrons. The number of hydrogen-bond donors (Lipinski definition) is 2. The van der Waals surface area contributed by atoms with Crippen LogP contribution in [0.4, 0.5) is 4.79 Å². The summed E-state index contributed by atoms with van der Waals surface area (Å²) in [4.78, 5) is 29.0. The Labute approximate surface area is 179 Å². The van der Waals surface area contributed by atoms with E-state index in [9.17, 15) is 9.59 Å². The molecular formula is C25H32N3O2+. The topological polar surface area (TPSA) is 53.9 Å². The van der Waals surface area contributed by atoms with Gasteiger partial charge in [0, 0.05) is 18.4 Å². The molecule has 0 spiro atoms. The zero-order valence-corrected chi connectivity index (χ0v) is 18.2. The quantitative estimate of drug-likeness (QED) is 0.662. The molecule has 1 aliphatic heterocycles. The van der Waals surface area contributed by atoms with Crippen LogP contribution in [0.15, 0.2) is 54.6 Å². The van der Waals surface area contributed by atoms with Crippen molar-refractivity contribution in [3.05, 3.63) is 71.3 Å². The smallest absolute Gasteiger partial charge is 0.319 e. The molecule has 1 saturated carbocycles. The summed E-state index contributed by atoms with van der Waals surface area (Å²) in [6.07, 6.45) is 2.84. The molecule has 5 heteroatoms. The summed E-state index contributed by atoms with van der Waals surface area (Å²) in [6, 6.07) is 18.6. The van der Waals surface area contributed by atoms with Gasteiger partial charge in [-0.2, -0.15) is 0 Å². The van der Waals surface area contributed by atoms with Crippen molar-refractivity contribution in [2.75, 3.05) is 6.67 Å². The second-order valence-corrected chi connectivity index (χ2v) is 8.95. The highest BCUT2D eigenvalue weighted by Gasteiger charge is 2.53. The lowest BCUT2D eigenvalue weighted by Crippen LogP contribution is -3.13. The van der Waals surface area contributed by atoms with Crippen LogP contribution < -0.4 is 10.2 Å². The zero-order chi connectivity index (χ0) is 21.3. The lowest BCUT2D eigenvalue weighted by atomic mass is 9.87. The Morgan fingerprint density at radius 3 is 2.30 bits per heavy atom. The third-order valence-corrected chi connectivity index (χ3v) is 6.57. The monoisotopic (exact) mass is 406 g/mol. The van der Waals surface area contributed by atoms with Gasteiger partial charge in [0.2, 0.25) is 0 Å². The van der Waals surface area contributed by atoms with E-state index in [4.69, 9.17) is 0 Å². The van der Waals surface area contributed by atoms with Crippen molar-refractivity contribution in [2.45, 2.75) is 64.1 Å². The number of hydrogen-bond acceptors (Lipinski definition) is 2. The predicted molar refractivity (Wildman–Crippen MR) is 117 cm³/mol. The van der Waals surface area contributed by atoms with Crippen LogP contribution in [0.2, 0.25) is 0 Å². The first-order valence-electron chi connectivity index (χ1n) is 11.1. The van der Waals surface area contributed by atoms with Crippen molar-refractivity contribution in [3.63, 3.8) is 0 Å². The highest BCUT2D eigenvalue weighted by molar-refractivity contribution is 6.07. The van der Waals surface area contributed by atoms with Gasteiger partial charge in [0.25, 0.3) is 5.91 Å². The second-order valence-electron chi connectivity index (χ2n) is 8.95. The number of carbonyl (C=O) groups excluding carboxylic acids is 2. The third-order valence-electron chi connectivity index (χ3n) is 6.57. The lowest BCUT2D eigenvalue weighted by molar-refractivity contribution is -0.931. The summed E-state index contributed by atoms with van der Waals surface area (Å²) >= 11 is 0. The number of rotatable bonds is 8. The fourth-order valence-corrected chi connectivity index (χ4v) is 4.44. The molecule has 5 nitrogen and oxygen atoms in total. The van der Waals surface area contributed by atoms with Crippen LogP contribution in [0.5, 0.6) is 0 Å². The fraction of sp³-hybridized carbons (Fsp3) is 0.440. The van der Waals surface area contributed by atoms with E-state index < -0.39 is 5.54 Å². The number of nitrogens with zero attached hydrogens (tertiary/aromatic N) is 1. The summed E-state index contributed by atoms with van der Waals surface area (Å²) in [5.41, 5.74) is 2.48. The summed E-state index contributed by atoms with van der Waals surface area (Å²) in [7, 11) is 0. The number of benzene rings is 2. The van der Waals surface area contributed by atoms with Crippen molar-refractivity contribution in [3.8, 4) is 0 Å². The van der Waals surface area contributed by atoms with E-state index in [1.54, 1.807) is 0 Å². The first-order chi connectivity index (χ1) is 14.4. The Morgan fingerprint density at radius 2 is 1.73 bits per heavy atom. The molecular weight excluding hydrogens is 374 g/mol. The Bertz CT molecular complexity index is 906. The van der Waals surface area contributed by atoms with E-state index in [1.807, 2.05) is 37.3 Å². The van der Waals surface area contributed by atoms with E-state index in [2.05, 4.69) is 43.4 Å². The zero-order valence-electron chi connectivity index (χ0n) is 18.2. The Hall–Kier alpha value is -2.66. The SMILES string of the molecule is CC[C@@]1(c2ccccc2)NC(=O)N(C[NH+](Cc2ccc(C(C)C)cc2)C2CC2)C1=O. The molecule has 2 N–H and O–H groups in total. The van der Waals surface area contributed by atoms with Gasteiger partial charge in [-0.1, -0.05) is 75.4 Å². The molecule has 2 aliphatic rings. The maximum atomic E-state index is 13.4. The molecule has 30 heavy (non-hydrogen) atoms. The van der Waals surface area contributed by atoms with Crippen molar-refractivity contribution >= 4 is 11.9 Å². The largest absolute Gasteiger partial charge is 0.329 e. The van der Waals surface area contributed by atoms with E-state index in [1.165, 1.54) is 20.9 Å². The van der Waals surface area contributed by atoms with Gasteiger partial charge in [-0.3, -0.25) is 4.79 Å². The number of amides is 3. The van der Waals surface area contributed by atoms with Crippen LogP contribution in [0, 0.1) is 0 Å². The molecule has 3 amide bonds. The number of imide groups is 1. The first kappa shape index (κ1) is 20.6. The molecule has 2 fully saturated rings. The highest BCUT2D eigenvalue weighted by atomic mass is 16.2. The van der Waals surface area contributed by atoms with Crippen molar-refractivity contribution in [1.82, 2.24) is 10.2 Å². The minimum atomic E-state index is -0.952. The minimum absolute atomic E-state index is 0.130. The van der Waals surface area contributed by atoms with Gasteiger partial charge in [-0.15, -0.1) is 0 Å². The lowest BCUT2D eigenvalue weighted by Gasteiger charge is -2.27. The van der Waals surface area contributed by atoms with Crippen LogP contribution in [-0.4, -0.2) is 29.5 Å². The molecule has 1 saturated heterocycles. The predicted octanol–water partition coefficient (Wildman–Crippen LogP) is 3.17. The molecule has 2 aromatic carbocycles. The third kappa shape index (κ3) is 3.86. The van der Waals surface area contributed by atoms with Crippen LogP contribution in [0.3, 0.4) is 0 Å². The number of urea groups is 1. The number of carbonyl (C=O) groups is 2. The van der Waals surface area contributed by atoms with Crippen molar-refractivity contribution in [1.29, 1.82) is 0 Å². The number of quaternary nitrogens is 1. The van der Waals surface area contributed by atoms with Crippen LogP contribution in [0.1, 0.15) is 62.6 Å². The molecule has 2 atom stereocenters. The maximum Gasteiger partial charge on any atom is 0.329 e. The molecule has 0 aromatic heterocycles. The highest BCUT2D eigenvalue weighted by Crippen LogP contribution is 2.32. The number of nitrogens with one attached hydrogen (secondary N) is 2. The summed E-state index contributed by atoms with van der Waals surface area (Å²) in [5.74, 6) is 0.381. The van der Waals surface area contributed by atoms with Crippen molar-refractivity contribution in [2.24, 2.45) is 0 Å². The van der Waals surface area contributed by atoms with E-state index in [0.29, 0.717) is 25.0 Å². The minimum Gasteiger partial charge on any atom is -0.319 e. The fourth-order valence-electron chi connectivity index (χ4n) is 4.44. The van der Waals surface area contributed by atoms with E-state index >= 15 is 0 Å². The average Bonchev–Trinajstić information content (AvgIpc) is 3.57. The maximum absolute atomic E-state index is 13.4. The molecule has 1 unspecified atom stereocenters. The van der Waals surface area contributed by atoms with Gasteiger partial charge in [-0.05, 0) is 23.5 Å². The van der Waals surface area contributed by atoms with E-state index in [-0.39, 0.29) is 11.9 Å². The van der Waals surface area contributed by atoms with Gasteiger partial charge in [0.1, 0.15) is 12.1 Å². The first-order valence-corrected chi connectivity index (χ1v) is 11.1. The van der Waals surface area contributed by atoms with Gasteiger partial charge in [0.15, 0.2) is 6.67 Å². The molecule has 1 heterocycles. The normalized spacial score (nSPS) is 22.5. The molecule has 0 radical (unpaired) electrons. The molecule has 1 aliphatic carbocycles. The molecule has 4 rings (SSSR count). The van der Waals surface area contributed by atoms with E-state index in [0.717, 1.165) is 24.9 Å². The van der Waals surface area contributed by atoms with Gasteiger partial charge in [0.05, 0.1) is 6.04 Å². The summed E-state index contributed by atoms with van der Waals surface area (Å²) in [5, 5.41) is 3.01. The summed E-state index contributed by atoms with van der Waals surface area (Å²) in [6.45, 7) is 7.58. The van der Waals surface area contributed by atoms with Crippen LogP contribution >= 0.6 is 0 Å². The second kappa shape index (κ2) is 8.23.